The maximum absolute atomic E-state index is 13.2. The molecule has 1 aliphatic carbocycles. The molecule has 1 saturated carbocycles. The largest absolute Gasteiger partial charge is 0.494 e. The van der Waals surface area contributed by atoms with Crippen LogP contribution in [0.15, 0.2) is 33.9 Å². The third-order valence-electron chi connectivity index (χ3n) is 7.75. The van der Waals surface area contributed by atoms with Crippen LogP contribution in [-0.4, -0.2) is 14.2 Å². The molecule has 0 atom stereocenters. The first-order valence-electron chi connectivity index (χ1n) is 12.3. The van der Waals surface area contributed by atoms with Crippen LogP contribution in [0.25, 0.3) is 0 Å². The Balaban J connectivity index is 1.98. The van der Waals surface area contributed by atoms with E-state index in [9.17, 15) is 14.7 Å². The standard InChI is InChI=1S/C27H40N2O4/c1-7-26(3,4)19-14-15-22(21(16-19)27(5,6)8-2)33-18-28-23(30)17-24(31)29(25(28)32)20-12-10-9-11-13-20/h14-17,20,30H,7-13,18H2,1-6H3. The molecule has 0 spiro atoms. The lowest BCUT2D eigenvalue weighted by molar-refractivity contribution is 0.198. The van der Waals surface area contributed by atoms with Gasteiger partial charge in [0.2, 0.25) is 5.88 Å². The molecule has 0 amide bonds. The van der Waals surface area contributed by atoms with Crippen molar-refractivity contribution in [2.24, 2.45) is 0 Å². The molecule has 33 heavy (non-hydrogen) atoms. The molecule has 6 nitrogen and oxygen atoms in total. The summed E-state index contributed by atoms with van der Waals surface area (Å²) in [5.74, 6) is 0.330. The van der Waals surface area contributed by atoms with E-state index in [-0.39, 0.29) is 29.5 Å². The minimum Gasteiger partial charge on any atom is -0.494 e. The summed E-state index contributed by atoms with van der Waals surface area (Å²) in [5.41, 5.74) is 1.30. The molecule has 0 aliphatic heterocycles. The van der Waals surface area contributed by atoms with Gasteiger partial charge in [-0.1, -0.05) is 72.9 Å². The van der Waals surface area contributed by atoms with E-state index in [1.807, 2.05) is 6.07 Å². The zero-order chi connectivity index (χ0) is 24.4. The number of aromatic hydroxyl groups is 1. The second-order valence-electron chi connectivity index (χ2n) is 10.7. The number of benzene rings is 1. The van der Waals surface area contributed by atoms with Gasteiger partial charge in [0.25, 0.3) is 5.56 Å². The summed E-state index contributed by atoms with van der Waals surface area (Å²) in [7, 11) is 0. The van der Waals surface area contributed by atoms with Crippen molar-refractivity contribution in [3.63, 3.8) is 0 Å². The lowest BCUT2D eigenvalue weighted by Crippen LogP contribution is -2.42. The summed E-state index contributed by atoms with van der Waals surface area (Å²) >= 11 is 0. The van der Waals surface area contributed by atoms with Crippen molar-refractivity contribution in [3.8, 4) is 11.6 Å². The normalized spacial score (nSPS) is 15.6. The number of hydrogen-bond acceptors (Lipinski definition) is 4. The van der Waals surface area contributed by atoms with Gasteiger partial charge >= 0.3 is 5.69 Å². The van der Waals surface area contributed by atoms with Crippen LogP contribution in [0.3, 0.4) is 0 Å². The first kappa shape index (κ1) is 25.1. The molecule has 0 saturated heterocycles. The van der Waals surface area contributed by atoms with Gasteiger partial charge in [-0.15, -0.1) is 0 Å². The van der Waals surface area contributed by atoms with Crippen molar-refractivity contribution in [1.82, 2.24) is 9.13 Å². The highest BCUT2D eigenvalue weighted by Gasteiger charge is 2.27. The fourth-order valence-electron chi connectivity index (χ4n) is 4.51. The summed E-state index contributed by atoms with van der Waals surface area (Å²) in [6.07, 6.45) is 6.70. The predicted octanol–water partition coefficient (Wildman–Crippen LogP) is 5.63. The van der Waals surface area contributed by atoms with E-state index < -0.39 is 11.2 Å². The molecule has 6 heteroatoms. The Bertz CT molecular complexity index is 1090. The van der Waals surface area contributed by atoms with Gasteiger partial charge in [0.05, 0.1) is 6.07 Å². The maximum atomic E-state index is 13.2. The van der Waals surface area contributed by atoms with Crippen LogP contribution in [0.4, 0.5) is 0 Å². The van der Waals surface area contributed by atoms with Gasteiger partial charge in [0.1, 0.15) is 5.75 Å². The molecule has 2 aromatic rings. The average molecular weight is 457 g/mol. The van der Waals surface area contributed by atoms with E-state index in [0.29, 0.717) is 5.75 Å². The van der Waals surface area contributed by atoms with Crippen molar-refractivity contribution in [2.45, 2.75) is 110 Å². The molecule has 1 aromatic heterocycles. The van der Waals surface area contributed by atoms with Crippen LogP contribution in [0.5, 0.6) is 11.6 Å². The highest BCUT2D eigenvalue weighted by atomic mass is 16.5. The van der Waals surface area contributed by atoms with Crippen molar-refractivity contribution < 1.29 is 9.84 Å². The smallest absolute Gasteiger partial charge is 0.336 e. The minimum atomic E-state index is -0.507. The molecule has 0 radical (unpaired) electrons. The highest BCUT2D eigenvalue weighted by molar-refractivity contribution is 5.44. The van der Waals surface area contributed by atoms with E-state index in [1.165, 1.54) is 10.1 Å². The Morgan fingerprint density at radius 1 is 0.970 bits per heavy atom. The lowest BCUT2D eigenvalue weighted by Gasteiger charge is -2.30. The molecule has 0 bridgehead atoms. The topological polar surface area (TPSA) is 73.5 Å². The fourth-order valence-corrected chi connectivity index (χ4v) is 4.51. The number of rotatable bonds is 8. The van der Waals surface area contributed by atoms with Crippen LogP contribution in [0.1, 0.15) is 104 Å². The third-order valence-corrected chi connectivity index (χ3v) is 7.75. The van der Waals surface area contributed by atoms with Gasteiger partial charge in [-0.05, 0) is 48.1 Å². The molecular formula is C27H40N2O4. The molecule has 0 unspecified atom stereocenters. The van der Waals surface area contributed by atoms with E-state index in [4.69, 9.17) is 4.74 Å². The predicted molar refractivity (Wildman–Crippen MR) is 132 cm³/mol. The Kier molecular flexibility index (Phi) is 7.45. The molecule has 1 aliphatic rings. The van der Waals surface area contributed by atoms with Gasteiger partial charge in [0, 0.05) is 11.6 Å². The second-order valence-corrected chi connectivity index (χ2v) is 10.7. The molecule has 182 valence electrons. The van der Waals surface area contributed by atoms with Gasteiger partial charge in [0.15, 0.2) is 6.73 Å². The SMILES string of the molecule is CCC(C)(C)c1ccc(OCn2c(O)cc(=O)n(C3CCCCC3)c2=O)c(C(C)(C)CC)c1. The molecule has 3 rings (SSSR count). The van der Waals surface area contributed by atoms with Crippen molar-refractivity contribution >= 4 is 0 Å². The van der Waals surface area contributed by atoms with Crippen molar-refractivity contribution in [1.29, 1.82) is 0 Å². The Morgan fingerprint density at radius 2 is 1.61 bits per heavy atom. The Hall–Kier alpha value is -2.50. The van der Waals surface area contributed by atoms with Crippen LogP contribution in [0.2, 0.25) is 0 Å². The number of hydrogen-bond donors (Lipinski definition) is 1. The summed E-state index contributed by atoms with van der Waals surface area (Å²) < 4.78 is 8.60. The first-order valence-corrected chi connectivity index (χ1v) is 12.3. The second kappa shape index (κ2) is 9.78. The van der Waals surface area contributed by atoms with E-state index in [2.05, 4.69) is 53.7 Å². The van der Waals surface area contributed by atoms with Crippen LogP contribution in [0, 0.1) is 0 Å². The zero-order valence-corrected chi connectivity index (χ0v) is 21.1. The minimum absolute atomic E-state index is 0.0435. The Morgan fingerprint density at radius 3 is 2.21 bits per heavy atom. The quantitative estimate of drug-likeness (QED) is 0.558. The molecule has 1 N–H and O–H groups in total. The first-order chi connectivity index (χ1) is 15.5. The third kappa shape index (κ3) is 5.20. The van der Waals surface area contributed by atoms with E-state index in [1.54, 1.807) is 0 Å². The van der Waals surface area contributed by atoms with E-state index >= 15 is 0 Å². The number of nitrogens with zero attached hydrogens (tertiary/aromatic N) is 2. The fraction of sp³-hybridized carbons (Fsp3) is 0.630. The molecular weight excluding hydrogens is 416 g/mol. The molecule has 1 aromatic carbocycles. The lowest BCUT2D eigenvalue weighted by atomic mass is 9.76. The van der Waals surface area contributed by atoms with Gasteiger partial charge < -0.3 is 9.84 Å². The summed E-state index contributed by atoms with van der Waals surface area (Å²) in [5, 5.41) is 10.4. The zero-order valence-electron chi connectivity index (χ0n) is 21.1. The molecule has 1 heterocycles. The summed E-state index contributed by atoms with van der Waals surface area (Å²) in [6, 6.07) is 7.28. The average Bonchev–Trinajstić information content (AvgIpc) is 2.79. The van der Waals surface area contributed by atoms with Crippen LogP contribution >= 0.6 is 0 Å². The van der Waals surface area contributed by atoms with Crippen molar-refractivity contribution in [3.05, 3.63) is 56.2 Å². The Labute approximate surface area is 197 Å². The maximum Gasteiger partial charge on any atom is 0.336 e. The van der Waals surface area contributed by atoms with Gasteiger partial charge in [-0.3, -0.25) is 9.36 Å². The monoisotopic (exact) mass is 456 g/mol. The molecule has 1 fully saturated rings. The van der Waals surface area contributed by atoms with E-state index in [0.717, 1.165) is 61.1 Å². The summed E-state index contributed by atoms with van der Waals surface area (Å²) in [4.78, 5) is 25.7. The van der Waals surface area contributed by atoms with Crippen LogP contribution < -0.4 is 16.0 Å². The highest BCUT2D eigenvalue weighted by Crippen LogP contribution is 2.38. The van der Waals surface area contributed by atoms with Crippen LogP contribution in [-0.2, 0) is 17.6 Å². The van der Waals surface area contributed by atoms with Gasteiger partial charge in [-0.25, -0.2) is 9.36 Å². The number of ether oxygens (including phenoxy) is 1. The number of aromatic nitrogens is 2. The van der Waals surface area contributed by atoms with Crippen molar-refractivity contribution in [2.75, 3.05) is 0 Å². The van der Waals surface area contributed by atoms with Gasteiger partial charge in [-0.2, -0.15) is 0 Å². The summed E-state index contributed by atoms with van der Waals surface area (Å²) in [6.45, 7) is 13.0.